The van der Waals surface area contributed by atoms with Gasteiger partial charge in [0.15, 0.2) is 5.82 Å². The molecule has 4 aliphatic rings. The third kappa shape index (κ3) is 5.66. The molecule has 2 unspecified atom stereocenters. The van der Waals surface area contributed by atoms with Crippen molar-refractivity contribution in [3.8, 4) is 6.07 Å². The molecule has 0 radical (unpaired) electrons. The smallest absolute Gasteiger partial charge is 0.251 e. The number of piperidine rings is 1. The Kier molecular flexibility index (Phi) is 8.77. The average molecular weight is 648 g/mol. The van der Waals surface area contributed by atoms with Gasteiger partial charge < -0.3 is 20.9 Å². The van der Waals surface area contributed by atoms with Gasteiger partial charge in [-0.1, -0.05) is 36.4 Å². The summed E-state index contributed by atoms with van der Waals surface area (Å²) >= 11 is 0. The second kappa shape index (κ2) is 13.2. The van der Waals surface area contributed by atoms with Gasteiger partial charge in [-0.25, -0.2) is 0 Å². The van der Waals surface area contributed by atoms with Crippen LogP contribution in [0.3, 0.4) is 0 Å². The molecule has 1 saturated heterocycles. The molecule has 48 heavy (non-hydrogen) atoms. The monoisotopic (exact) mass is 647 g/mol. The second-order valence-corrected chi connectivity index (χ2v) is 13.9. The van der Waals surface area contributed by atoms with E-state index in [0.717, 1.165) is 79.4 Å². The maximum absolute atomic E-state index is 13.7. The van der Waals surface area contributed by atoms with Gasteiger partial charge in [0.2, 0.25) is 5.91 Å². The number of fused-ring (bicyclic) bond motifs is 3. The molecule has 0 spiro atoms. The van der Waals surface area contributed by atoms with Crippen molar-refractivity contribution in [2.75, 3.05) is 19.6 Å². The average Bonchev–Trinajstić information content (AvgIpc) is 3.45. The van der Waals surface area contributed by atoms with E-state index in [0.29, 0.717) is 36.2 Å². The van der Waals surface area contributed by atoms with Gasteiger partial charge in [0.25, 0.3) is 5.91 Å². The predicted molar refractivity (Wildman–Crippen MR) is 182 cm³/mol. The number of aromatic nitrogens is 4. The largest absolute Gasteiger partial charge is 0.385 e. The van der Waals surface area contributed by atoms with Crippen molar-refractivity contribution < 1.29 is 9.59 Å². The molecule has 2 heterocycles. The van der Waals surface area contributed by atoms with Crippen LogP contribution < -0.4 is 16.0 Å². The fourth-order valence-electron chi connectivity index (χ4n) is 8.47. The van der Waals surface area contributed by atoms with E-state index < -0.39 is 5.41 Å². The van der Waals surface area contributed by atoms with Crippen molar-refractivity contribution in [1.29, 1.82) is 5.26 Å². The highest BCUT2D eigenvalue weighted by atomic mass is 16.2. The number of amides is 2. The zero-order valence-corrected chi connectivity index (χ0v) is 27.9. The summed E-state index contributed by atoms with van der Waals surface area (Å²) in [7, 11) is 0. The van der Waals surface area contributed by atoms with Gasteiger partial charge in [0, 0.05) is 36.4 Å². The number of nitrogens with zero attached hydrogens (tertiary/aromatic N) is 5. The number of aromatic amines is 1. The van der Waals surface area contributed by atoms with Gasteiger partial charge in [0.05, 0.1) is 18.0 Å². The zero-order valence-electron chi connectivity index (χ0n) is 27.9. The molecule has 11 heteroatoms. The quantitative estimate of drug-likeness (QED) is 0.233. The number of nitrogens with one attached hydrogen (secondary N) is 4. The van der Waals surface area contributed by atoms with Crippen LogP contribution in [-0.2, 0) is 23.1 Å². The van der Waals surface area contributed by atoms with Crippen molar-refractivity contribution in [3.05, 3.63) is 82.2 Å². The molecule has 2 amide bonds. The zero-order chi connectivity index (χ0) is 33.4. The number of rotatable bonds is 12. The number of tetrazole rings is 1. The molecule has 250 valence electrons. The Hall–Kier alpha value is -4.56. The Morgan fingerprint density at radius 2 is 1.77 bits per heavy atom. The number of benzene rings is 2. The molecule has 3 aliphatic carbocycles. The van der Waals surface area contributed by atoms with Crippen LogP contribution in [-0.4, -0.2) is 75.1 Å². The lowest BCUT2D eigenvalue weighted by Gasteiger charge is -2.42. The van der Waals surface area contributed by atoms with Crippen LogP contribution >= 0.6 is 0 Å². The first-order chi connectivity index (χ1) is 23.4. The Morgan fingerprint density at radius 3 is 2.40 bits per heavy atom. The summed E-state index contributed by atoms with van der Waals surface area (Å²) in [5.41, 5.74) is 6.11. The first-order valence-electron chi connectivity index (χ1n) is 17.5. The first kappa shape index (κ1) is 32.0. The SMILES string of the molecule is C=C(NCC)c1ccc2c(c1)CCc1cc(C(=O)NCC)ccc1C2(C[C@@H](NCC(=O)N1C(C#N)C[C@@H]2C[C@@H]21)C1CCC1)c1nn[nH]n1. The van der Waals surface area contributed by atoms with Crippen molar-refractivity contribution in [2.24, 2.45) is 11.8 Å². The molecule has 3 fully saturated rings. The number of hydrogen-bond donors (Lipinski definition) is 4. The second-order valence-electron chi connectivity index (χ2n) is 13.9. The van der Waals surface area contributed by atoms with Crippen LogP contribution in [0.15, 0.2) is 43.0 Å². The predicted octanol–water partition coefficient (Wildman–Crippen LogP) is 3.62. The molecule has 2 aromatic carbocycles. The Morgan fingerprint density at radius 1 is 1.06 bits per heavy atom. The summed E-state index contributed by atoms with van der Waals surface area (Å²) in [6.45, 7) is 9.77. The van der Waals surface area contributed by atoms with Crippen LogP contribution in [0.2, 0.25) is 0 Å². The summed E-state index contributed by atoms with van der Waals surface area (Å²) < 4.78 is 0. The van der Waals surface area contributed by atoms with E-state index in [9.17, 15) is 14.9 Å². The molecule has 5 atom stereocenters. The van der Waals surface area contributed by atoms with Gasteiger partial charge in [-0.2, -0.15) is 10.5 Å². The molecule has 11 nitrogen and oxygen atoms in total. The van der Waals surface area contributed by atoms with E-state index in [4.69, 9.17) is 0 Å². The molecular weight excluding hydrogens is 602 g/mol. The molecule has 3 aromatic rings. The maximum atomic E-state index is 13.7. The molecular formula is C37H45N9O2. The molecule has 7 rings (SSSR count). The standard InChI is InChI=1S/C37H45N9O2/c1-4-39-22(3)24-11-13-30-25(15-24)9-10-26-16-27(35(48)40-5-2)12-14-31(26)37(30,36-42-44-45-43-36)19-32(23-7-6-8-23)41-21-34(47)46-29(20-38)17-28-18-33(28)46/h11-16,23,28-29,32-33,39,41H,3-10,17-19,21H2,1-2H3,(H,40,48)(H,42,43,44,45)/t28-,29?,32-,33+,37?/m1/s1. The lowest BCUT2D eigenvalue weighted by atomic mass is 9.64. The highest BCUT2D eigenvalue weighted by Gasteiger charge is 2.54. The third-order valence-corrected chi connectivity index (χ3v) is 11.2. The number of aryl methyl sites for hydroxylation is 2. The topological polar surface area (TPSA) is 152 Å². The van der Waals surface area contributed by atoms with E-state index in [1.165, 1.54) is 5.56 Å². The molecule has 2 saturated carbocycles. The van der Waals surface area contributed by atoms with Crippen LogP contribution in [0.1, 0.15) is 96.4 Å². The minimum Gasteiger partial charge on any atom is -0.385 e. The summed E-state index contributed by atoms with van der Waals surface area (Å²) in [5, 5.41) is 35.9. The van der Waals surface area contributed by atoms with E-state index in [1.807, 2.05) is 24.0 Å². The van der Waals surface area contributed by atoms with Crippen LogP contribution in [0.4, 0.5) is 0 Å². The molecule has 4 N–H and O–H groups in total. The van der Waals surface area contributed by atoms with Crippen LogP contribution in [0.25, 0.3) is 5.70 Å². The van der Waals surface area contributed by atoms with Gasteiger partial charge in [-0.05, 0) is 117 Å². The van der Waals surface area contributed by atoms with Crippen molar-refractivity contribution in [3.63, 3.8) is 0 Å². The lowest BCUT2D eigenvalue weighted by molar-refractivity contribution is -0.131. The Labute approximate surface area is 281 Å². The summed E-state index contributed by atoms with van der Waals surface area (Å²) in [4.78, 5) is 28.5. The molecule has 1 aliphatic heterocycles. The van der Waals surface area contributed by atoms with Gasteiger partial charge in [-0.15, -0.1) is 10.2 Å². The van der Waals surface area contributed by atoms with Gasteiger partial charge in [-0.3, -0.25) is 9.59 Å². The first-order valence-corrected chi connectivity index (χ1v) is 17.5. The highest BCUT2D eigenvalue weighted by Crippen LogP contribution is 2.50. The minimum atomic E-state index is -0.813. The fraction of sp³-hybridized carbons (Fsp3) is 0.514. The molecule has 0 bridgehead atoms. The maximum Gasteiger partial charge on any atom is 0.251 e. The number of hydrogen-bond acceptors (Lipinski definition) is 8. The minimum absolute atomic E-state index is 0.00399. The number of likely N-dealkylation sites (tertiary alicyclic amines) is 1. The molecule has 1 aromatic heterocycles. The van der Waals surface area contributed by atoms with E-state index >= 15 is 0 Å². The summed E-state index contributed by atoms with van der Waals surface area (Å²) in [5.74, 6) is 1.32. The highest BCUT2D eigenvalue weighted by molar-refractivity contribution is 5.94. The number of carbonyl (C=O) groups is 2. The van der Waals surface area contributed by atoms with Crippen LogP contribution in [0.5, 0.6) is 0 Å². The fourth-order valence-corrected chi connectivity index (χ4v) is 8.47. The normalized spacial score (nSPS) is 24.6. The van der Waals surface area contributed by atoms with Crippen LogP contribution in [0, 0.1) is 23.2 Å². The Bertz CT molecular complexity index is 1670. The number of carbonyl (C=O) groups excluding carboxylic acids is 2. The number of nitriles is 1. The van der Waals surface area contributed by atoms with E-state index in [2.05, 4.69) is 80.4 Å². The third-order valence-electron chi connectivity index (χ3n) is 11.2. The number of H-pyrrole nitrogens is 1. The Balaban J connectivity index is 1.32. The lowest BCUT2D eigenvalue weighted by Crippen LogP contribution is -2.50. The van der Waals surface area contributed by atoms with Gasteiger partial charge in [0.1, 0.15) is 6.04 Å². The van der Waals surface area contributed by atoms with Crippen molar-refractivity contribution in [2.45, 2.75) is 88.8 Å². The van der Waals surface area contributed by atoms with E-state index in [-0.39, 0.29) is 36.5 Å². The van der Waals surface area contributed by atoms with Crippen molar-refractivity contribution >= 4 is 17.5 Å². The van der Waals surface area contributed by atoms with Crippen molar-refractivity contribution in [1.82, 2.24) is 41.5 Å². The summed E-state index contributed by atoms with van der Waals surface area (Å²) in [6.07, 6.45) is 7.18. The van der Waals surface area contributed by atoms with E-state index in [1.54, 1.807) is 0 Å². The summed E-state index contributed by atoms with van der Waals surface area (Å²) in [6, 6.07) is 14.7. The van der Waals surface area contributed by atoms with Gasteiger partial charge >= 0.3 is 0 Å².